The summed E-state index contributed by atoms with van der Waals surface area (Å²) in [6, 6.07) is 13.9. The van der Waals surface area contributed by atoms with Crippen LogP contribution < -0.4 is 14.5 Å². The molecule has 1 saturated heterocycles. The van der Waals surface area contributed by atoms with Gasteiger partial charge in [0.05, 0.1) is 12.8 Å². The molecule has 6 heteroatoms. The van der Waals surface area contributed by atoms with Crippen molar-refractivity contribution in [2.24, 2.45) is 0 Å². The largest absolute Gasteiger partial charge is 0.497 e. The van der Waals surface area contributed by atoms with Crippen molar-refractivity contribution in [3.8, 4) is 5.75 Å². The molecule has 0 saturated carbocycles. The molecular formula is C23H29N3O3. The first kappa shape index (κ1) is 20.7. The Balaban J connectivity index is 1.64. The second kappa shape index (κ2) is 8.99. The first-order valence-corrected chi connectivity index (χ1v) is 9.92. The number of para-hydroxylation sites is 1. The number of carbonyl (C=O) groups is 2. The van der Waals surface area contributed by atoms with Gasteiger partial charge in [0, 0.05) is 38.8 Å². The molecule has 0 N–H and O–H groups in total. The van der Waals surface area contributed by atoms with Crippen molar-refractivity contribution >= 4 is 23.2 Å². The van der Waals surface area contributed by atoms with Crippen molar-refractivity contribution in [3.05, 3.63) is 53.6 Å². The van der Waals surface area contributed by atoms with Crippen LogP contribution in [-0.4, -0.2) is 56.5 Å². The summed E-state index contributed by atoms with van der Waals surface area (Å²) in [5.74, 6) is 0.697. The lowest BCUT2D eigenvalue weighted by molar-refractivity contribution is -0.131. The maximum Gasteiger partial charge on any atom is 0.242 e. The predicted molar refractivity (Wildman–Crippen MR) is 116 cm³/mol. The van der Waals surface area contributed by atoms with Gasteiger partial charge in [-0.1, -0.05) is 18.2 Å². The van der Waals surface area contributed by atoms with Crippen LogP contribution in [-0.2, 0) is 9.59 Å². The van der Waals surface area contributed by atoms with Crippen LogP contribution in [0.1, 0.15) is 18.1 Å². The Labute approximate surface area is 172 Å². The van der Waals surface area contributed by atoms with Gasteiger partial charge in [0.1, 0.15) is 12.3 Å². The van der Waals surface area contributed by atoms with Crippen LogP contribution >= 0.6 is 0 Å². The lowest BCUT2D eigenvalue weighted by Gasteiger charge is -2.37. The summed E-state index contributed by atoms with van der Waals surface area (Å²) in [5.41, 5.74) is 3.96. The second-order valence-corrected chi connectivity index (χ2v) is 7.41. The number of carbonyl (C=O) groups excluding carboxylic acids is 2. The van der Waals surface area contributed by atoms with Crippen LogP contribution in [0, 0.1) is 13.8 Å². The molecule has 1 aliphatic heterocycles. The summed E-state index contributed by atoms with van der Waals surface area (Å²) in [4.78, 5) is 30.9. The minimum atomic E-state index is -0.118. The molecule has 0 unspecified atom stereocenters. The number of rotatable bonds is 5. The van der Waals surface area contributed by atoms with Gasteiger partial charge in [-0.2, -0.15) is 0 Å². The number of aryl methyl sites for hydroxylation is 2. The molecule has 29 heavy (non-hydrogen) atoms. The first-order valence-electron chi connectivity index (χ1n) is 9.92. The number of piperazine rings is 1. The fourth-order valence-electron chi connectivity index (χ4n) is 3.82. The molecule has 2 aromatic rings. The monoisotopic (exact) mass is 395 g/mol. The molecule has 154 valence electrons. The van der Waals surface area contributed by atoms with E-state index in [1.807, 2.05) is 61.2 Å². The fourth-order valence-corrected chi connectivity index (χ4v) is 3.82. The number of hydrogen-bond donors (Lipinski definition) is 0. The van der Waals surface area contributed by atoms with Gasteiger partial charge in [0.2, 0.25) is 11.8 Å². The predicted octanol–water partition coefficient (Wildman–Crippen LogP) is 3.01. The van der Waals surface area contributed by atoms with Gasteiger partial charge in [-0.25, -0.2) is 0 Å². The van der Waals surface area contributed by atoms with Crippen LogP contribution in [0.4, 0.5) is 11.4 Å². The molecule has 0 radical (unpaired) electrons. The van der Waals surface area contributed by atoms with Gasteiger partial charge >= 0.3 is 0 Å². The third kappa shape index (κ3) is 4.70. The van der Waals surface area contributed by atoms with Crippen LogP contribution in [0.25, 0.3) is 0 Å². The molecule has 0 aliphatic carbocycles. The molecular weight excluding hydrogens is 366 g/mol. The highest BCUT2D eigenvalue weighted by Crippen LogP contribution is 2.25. The van der Waals surface area contributed by atoms with Crippen molar-refractivity contribution in [1.29, 1.82) is 0 Å². The van der Waals surface area contributed by atoms with Crippen LogP contribution in [0.3, 0.4) is 0 Å². The Morgan fingerprint density at radius 1 is 0.966 bits per heavy atom. The van der Waals surface area contributed by atoms with Gasteiger partial charge in [-0.15, -0.1) is 0 Å². The molecule has 0 aromatic heterocycles. The van der Waals surface area contributed by atoms with Crippen LogP contribution in [0.5, 0.6) is 5.75 Å². The average molecular weight is 396 g/mol. The molecule has 0 atom stereocenters. The molecule has 2 amide bonds. The first-order chi connectivity index (χ1) is 13.9. The Morgan fingerprint density at radius 3 is 2.07 bits per heavy atom. The lowest BCUT2D eigenvalue weighted by Crippen LogP contribution is -2.52. The van der Waals surface area contributed by atoms with E-state index in [9.17, 15) is 9.59 Å². The number of ether oxygens (including phenoxy) is 1. The fraction of sp³-hybridized carbons (Fsp3) is 0.391. The molecule has 1 aliphatic rings. The number of anilines is 2. The van der Waals surface area contributed by atoms with E-state index in [2.05, 4.69) is 4.90 Å². The van der Waals surface area contributed by atoms with E-state index in [0.717, 1.165) is 41.3 Å². The average Bonchev–Trinajstić information content (AvgIpc) is 2.73. The smallest absolute Gasteiger partial charge is 0.242 e. The Bertz CT molecular complexity index is 851. The van der Waals surface area contributed by atoms with Gasteiger partial charge < -0.3 is 19.4 Å². The molecule has 0 spiro atoms. The lowest BCUT2D eigenvalue weighted by atomic mass is 10.1. The maximum absolute atomic E-state index is 12.9. The summed E-state index contributed by atoms with van der Waals surface area (Å²) in [7, 11) is 1.65. The molecule has 3 rings (SSSR count). The van der Waals surface area contributed by atoms with Crippen molar-refractivity contribution in [3.63, 3.8) is 0 Å². The summed E-state index contributed by atoms with van der Waals surface area (Å²) < 4.78 is 5.21. The Morgan fingerprint density at radius 2 is 1.55 bits per heavy atom. The third-order valence-corrected chi connectivity index (χ3v) is 5.45. The molecule has 6 nitrogen and oxygen atoms in total. The van der Waals surface area contributed by atoms with Gasteiger partial charge in [0.15, 0.2) is 0 Å². The molecule has 1 fully saturated rings. The van der Waals surface area contributed by atoms with Crippen LogP contribution in [0.15, 0.2) is 42.5 Å². The quantitative estimate of drug-likeness (QED) is 0.781. The topological polar surface area (TPSA) is 53.1 Å². The minimum Gasteiger partial charge on any atom is -0.497 e. The second-order valence-electron chi connectivity index (χ2n) is 7.41. The van der Waals surface area contributed by atoms with Crippen LogP contribution in [0.2, 0.25) is 0 Å². The highest BCUT2D eigenvalue weighted by molar-refractivity contribution is 5.98. The number of amides is 2. The number of methoxy groups -OCH3 is 1. The third-order valence-electron chi connectivity index (χ3n) is 5.45. The van der Waals surface area contributed by atoms with Crippen molar-refractivity contribution in [2.45, 2.75) is 20.8 Å². The summed E-state index contributed by atoms with van der Waals surface area (Å²) in [6.07, 6.45) is 0. The normalized spacial score (nSPS) is 13.9. The molecule has 0 bridgehead atoms. The van der Waals surface area contributed by atoms with E-state index in [1.165, 1.54) is 6.92 Å². The number of benzene rings is 2. The highest BCUT2D eigenvalue weighted by Gasteiger charge is 2.25. The van der Waals surface area contributed by atoms with Gasteiger partial charge in [-0.05, 0) is 49.2 Å². The van der Waals surface area contributed by atoms with Crippen molar-refractivity contribution < 1.29 is 14.3 Å². The molecule has 1 heterocycles. The van der Waals surface area contributed by atoms with E-state index in [0.29, 0.717) is 13.1 Å². The zero-order valence-corrected chi connectivity index (χ0v) is 17.6. The summed E-state index contributed by atoms with van der Waals surface area (Å²) in [5, 5.41) is 0. The molecule has 2 aromatic carbocycles. The number of hydrogen-bond acceptors (Lipinski definition) is 4. The highest BCUT2D eigenvalue weighted by atomic mass is 16.5. The van der Waals surface area contributed by atoms with Crippen molar-refractivity contribution in [2.75, 3.05) is 49.6 Å². The van der Waals surface area contributed by atoms with E-state index in [-0.39, 0.29) is 18.4 Å². The zero-order valence-electron chi connectivity index (χ0n) is 17.6. The standard InChI is InChI=1S/C23H29N3O3/c1-17-6-5-7-18(2)23(17)26(19(3)27)16-22(28)25-14-12-24(13-15-25)20-8-10-21(29-4)11-9-20/h5-11H,12-16H2,1-4H3. The van der Waals surface area contributed by atoms with E-state index in [4.69, 9.17) is 4.74 Å². The minimum absolute atomic E-state index is 0.0165. The maximum atomic E-state index is 12.9. The Hall–Kier alpha value is -3.02. The SMILES string of the molecule is COc1ccc(N2CCN(C(=O)CN(C(C)=O)c3c(C)cccc3C)CC2)cc1. The van der Waals surface area contributed by atoms with Crippen molar-refractivity contribution in [1.82, 2.24) is 4.90 Å². The zero-order chi connectivity index (χ0) is 21.0. The number of nitrogens with zero attached hydrogens (tertiary/aromatic N) is 3. The Kier molecular flexibility index (Phi) is 6.42. The van der Waals surface area contributed by atoms with E-state index >= 15 is 0 Å². The van der Waals surface area contributed by atoms with E-state index in [1.54, 1.807) is 12.0 Å². The van der Waals surface area contributed by atoms with Gasteiger partial charge in [0.25, 0.3) is 0 Å². The van der Waals surface area contributed by atoms with Gasteiger partial charge in [-0.3, -0.25) is 9.59 Å². The summed E-state index contributed by atoms with van der Waals surface area (Å²) in [6.45, 7) is 8.34. The van der Waals surface area contributed by atoms with E-state index < -0.39 is 0 Å². The summed E-state index contributed by atoms with van der Waals surface area (Å²) >= 11 is 0.